The summed E-state index contributed by atoms with van der Waals surface area (Å²) in [7, 11) is 1.35. The summed E-state index contributed by atoms with van der Waals surface area (Å²) in [4.78, 5) is 12.0. The highest BCUT2D eigenvalue weighted by Gasteiger charge is 2.21. The zero-order chi connectivity index (χ0) is 16.2. The van der Waals surface area contributed by atoms with Crippen molar-refractivity contribution < 1.29 is 13.2 Å². The number of carbonyl (C=O) groups excluding carboxylic acids is 1. The zero-order valence-corrected chi connectivity index (χ0v) is 15.5. The maximum absolute atomic E-state index is 12.2. The molecule has 0 aliphatic carbocycles. The van der Waals surface area contributed by atoms with E-state index in [0.29, 0.717) is 0 Å². The summed E-state index contributed by atoms with van der Waals surface area (Å²) in [6, 6.07) is 2.67. The van der Waals surface area contributed by atoms with Crippen LogP contribution in [0.15, 0.2) is 21.5 Å². The van der Waals surface area contributed by atoms with Crippen LogP contribution in [0, 0.1) is 0 Å². The molecular weight excluding hydrogens is 401 g/mol. The van der Waals surface area contributed by atoms with Crippen molar-refractivity contribution >= 4 is 53.2 Å². The molecule has 21 heavy (non-hydrogen) atoms. The van der Waals surface area contributed by atoms with Gasteiger partial charge < -0.3 is 5.32 Å². The van der Waals surface area contributed by atoms with Crippen molar-refractivity contribution in [3.05, 3.63) is 27.2 Å². The molecule has 0 saturated carbocycles. The third kappa shape index (κ3) is 5.13. The van der Waals surface area contributed by atoms with Gasteiger partial charge in [-0.2, -0.15) is 0 Å². The summed E-state index contributed by atoms with van der Waals surface area (Å²) in [5.74, 6) is -0.369. The normalized spacial score (nSPS) is 13.0. The van der Waals surface area contributed by atoms with Gasteiger partial charge in [0, 0.05) is 22.3 Å². The van der Waals surface area contributed by atoms with Crippen LogP contribution < -0.4 is 5.32 Å². The van der Waals surface area contributed by atoms with E-state index in [-0.39, 0.29) is 31.9 Å². The molecule has 0 aromatic heterocycles. The van der Waals surface area contributed by atoms with Crippen LogP contribution >= 0.6 is 38.2 Å². The molecule has 0 spiro atoms. The Morgan fingerprint density at radius 3 is 2.48 bits per heavy atom. The van der Waals surface area contributed by atoms with Gasteiger partial charge in [0.1, 0.15) is 0 Å². The molecule has 1 aromatic carbocycles. The lowest BCUT2D eigenvalue weighted by molar-refractivity contribution is 0.0933. The Kier molecular flexibility index (Phi) is 6.97. The standard InChI is InChI=1S/C13H16BrCl2NO3S/c1-3-5-9(4-2)17-13(18)8-6-10(15)12(14)11(7-8)21(16,19)20/h6-7,9H,3-5H2,1-2H3,(H,17,18). The first kappa shape index (κ1) is 18.7. The predicted molar refractivity (Wildman–Crippen MR) is 88.6 cm³/mol. The van der Waals surface area contributed by atoms with Crippen molar-refractivity contribution in [2.24, 2.45) is 0 Å². The molecule has 1 amide bonds. The van der Waals surface area contributed by atoms with E-state index in [1.807, 2.05) is 13.8 Å². The lowest BCUT2D eigenvalue weighted by Gasteiger charge is -2.16. The van der Waals surface area contributed by atoms with E-state index in [0.717, 1.165) is 19.3 Å². The number of rotatable bonds is 6. The molecule has 1 atom stereocenters. The summed E-state index contributed by atoms with van der Waals surface area (Å²) in [5, 5.41) is 2.97. The van der Waals surface area contributed by atoms with Crippen LogP contribution in [0.4, 0.5) is 0 Å². The average Bonchev–Trinajstić information content (AvgIpc) is 2.39. The quantitative estimate of drug-likeness (QED) is 0.701. The van der Waals surface area contributed by atoms with Gasteiger partial charge >= 0.3 is 0 Å². The highest BCUT2D eigenvalue weighted by molar-refractivity contribution is 9.10. The number of benzene rings is 1. The number of carbonyl (C=O) groups is 1. The minimum atomic E-state index is -4.00. The predicted octanol–water partition coefficient (Wildman–Crippen LogP) is 4.34. The molecule has 1 aromatic rings. The van der Waals surface area contributed by atoms with Crippen LogP contribution in [0.25, 0.3) is 0 Å². The molecule has 0 saturated heterocycles. The Bertz CT molecular complexity index is 635. The fourth-order valence-electron chi connectivity index (χ4n) is 1.87. The van der Waals surface area contributed by atoms with Crippen molar-refractivity contribution in [3.63, 3.8) is 0 Å². The maximum Gasteiger partial charge on any atom is 0.262 e. The molecule has 118 valence electrons. The Hall–Kier alpha value is -0.300. The number of hydrogen-bond donors (Lipinski definition) is 1. The van der Waals surface area contributed by atoms with Crippen LogP contribution in [-0.4, -0.2) is 20.4 Å². The van der Waals surface area contributed by atoms with Crippen molar-refractivity contribution in [3.8, 4) is 0 Å². The number of amides is 1. The molecule has 0 radical (unpaired) electrons. The fraction of sp³-hybridized carbons (Fsp3) is 0.462. The van der Waals surface area contributed by atoms with E-state index < -0.39 is 9.05 Å². The maximum atomic E-state index is 12.2. The summed E-state index contributed by atoms with van der Waals surface area (Å²) in [6.07, 6.45) is 2.60. The van der Waals surface area contributed by atoms with Crippen molar-refractivity contribution in [1.29, 1.82) is 0 Å². The van der Waals surface area contributed by atoms with Gasteiger partial charge in [0.2, 0.25) is 0 Å². The van der Waals surface area contributed by atoms with E-state index in [4.69, 9.17) is 22.3 Å². The fourth-order valence-corrected chi connectivity index (χ4v) is 4.25. The first-order valence-electron chi connectivity index (χ1n) is 6.45. The Labute approximate surface area is 142 Å². The second-order valence-electron chi connectivity index (χ2n) is 4.58. The minimum Gasteiger partial charge on any atom is -0.349 e. The van der Waals surface area contributed by atoms with Gasteiger partial charge in [-0.05, 0) is 40.9 Å². The average molecular weight is 417 g/mol. The second-order valence-corrected chi connectivity index (χ2v) is 8.31. The number of hydrogen-bond acceptors (Lipinski definition) is 3. The molecule has 0 aliphatic heterocycles. The first-order valence-corrected chi connectivity index (χ1v) is 9.93. The van der Waals surface area contributed by atoms with Gasteiger partial charge in [-0.1, -0.05) is 31.9 Å². The molecule has 1 unspecified atom stereocenters. The van der Waals surface area contributed by atoms with Gasteiger partial charge in [-0.25, -0.2) is 8.42 Å². The van der Waals surface area contributed by atoms with Crippen LogP contribution in [0.1, 0.15) is 43.5 Å². The van der Waals surface area contributed by atoms with Gasteiger partial charge in [0.15, 0.2) is 0 Å². The lowest BCUT2D eigenvalue weighted by atomic mass is 10.1. The molecule has 1 rings (SSSR count). The lowest BCUT2D eigenvalue weighted by Crippen LogP contribution is -2.34. The third-order valence-corrected chi connectivity index (χ3v) is 5.97. The third-order valence-electron chi connectivity index (χ3n) is 2.98. The van der Waals surface area contributed by atoms with Gasteiger partial charge in [-0.3, -0.25) is 4.79 Å². The van der Waals surface area contributed by atoms with E-state index in [9.17, 15) is 13.2 Å². The summed E-state index contributed by atoms with van der Waals surface area (Å²) < 4.78 is 23.2. The molecule has 0 bridgehead atoms. The molecule has 0 fully saturated rings. The molecular formula is C13H16BrCl2NO3S. The van der Waals surface area contributed by atoms with Gasteiger partial charge in [-0.15, -0.1) is 0 Å². The number of nitrogens with one attached hydrogen (secondary N) is 1. The molecule has 4 nitrogen and oxygen atoms in total. The van der Waals surface area contributed by atoms with E-state index in [2.05, 4.69) is 21.2 Å². The molecule has 1 N–H and O–H groups in total. The summed E-state index contributed by atoms with van der Waals surface area (Å²) >= 11 is 9.01. The molecule has 8 heteroatoms. The highest BCUT2D eigenvalue weighted by atomic mass is 79.9. The van der Waals surface area contributed by atoms with Crippen molar-refractivity contribution in [2.75, 3.05) is 0 Å². The van der Waals surface area contributed by atoms with Crippen LogP contribution in [0.2, 0.25) is 5.02 Å². The van der Waals surface area contributed by atoms with Gasteiger partial charge in [0.25, 0.3) is 15.0 Å². The topological polar surface area (TPSA) is 63.2 Å². The minimum absolute atomic E-state index is 0.0426. The van der Waals surface area contributed by atoms with Crippen molar-refractivity contribution in [1.82, 2.24) is 5.32 Å². The van der Waals surface area contributed by atoms with E-state index >= 15 is 0 Å². The van der Waals surface area contributed by atoms with E-state index in [1.54, 1.807) is 0 Å². The Morgan fingerprint density at radius 2 is 2.00 bits per heavy atom. The van der Waals surface area contributed by atoms with Crippen LogP contribution in [0.5, 0.6) is 0 Å². The molecule has 0 aliphatic rings. The largest absolute Gasteiger partial charge is 0.349 e. The van der Waals surface area contributed by atoms with Crippen LogP contribution in [-0.2, 0) is 9.05 Å². The highest BCUT2D eigenvalue weighted by Crippen LogP contribution is 2.33. The first-order chi connectivity index (χ1) is 9.70. The smallest absolute Gasteiger partial charge is 0.262 e. The summed E-state index contributed by atoms with van der Waals surface area (Å²) in [5.41, 5.74) is 0.164. The summed E-state index contributed by atoms with van der Waals surface area (Å²) in [6.45, 7) is 4.01. The second kappa shape index (κ2) is 7.81. The number of halogens is 3. The van der Waals surface area contributed by atoms with Gasteiger partial charge in [0.05, 0.1) is 14.4 Å². The molecule has 0 heterocycles. The monoisotopic (exact) mass is 415 g/mol. The van der Waals surface area contributed by atoms with E-state index in [1.165, 1.54) is 12.1 Å². The Balaban J connectivity index is 3.14. The van der Waals surface area contributed by atoms with Crippen molar-refractivity contribution in [2.45, 2.75) is 44.0 Å². The SMILES string of the molecule is CCCC(CC)NC(=O)c1cc(Cl)c(Br)c(S(=O)(=O)Cl)c1. The van der Waals surface area contributed by atoms with Crippen LogP contribution in [0.3, 0.4) is 0 Å². The Morgan fingerprint density at radius 1 is 1.38 bits per heavy atom. The zero-order valence-electron chi connectivity index (χ0n) is 11.6.